The third-order valence-corrected chi connectivity index (χ3v) is 4.53. The molecule has 132 valence electrons. The summed E-state index contributed by atoms with van der Waals surface area (Å²) in [7, 11) is 0. The molecule has 2 aromatic carbocycles. The molecule has 5 heteroatoms. The van der Waals surface area contributed by atoms with Gasteiger partial charge in [-0.15, -0.1) is 0 Å². The number of amides is 1. The Labute approximate surface area is 146 Å². The number of likely N-dealkylation sites (tertiary alicyclic amines) is 1. The number of hydrogen-bond donors (Lipinski definition) is 0. The van der Waals surface area contributed by atoms with Crippen LogP contribution in [0.3, 0.4) is 0 Å². The van der Waals surface area contributed by atoms with E-state index in [9.17, 15) is 13.6 Å². The minimum atomic E-state index is -0.991. The van der Waals surface area contributed by atoms with E-state index in [4.69, 9.17) is 4.74 Å². The van der Waals surface area contributed by atoms with Gasteiger partial charge in [-0.25, -0.2) is 8.78 Å². The Morgan fingerprint density at radius 3 is 2.44 bits per heavy atom. The Bertz CT molecular complexity index is 713. The number of nitrogens with zero attached hydrogens (tertiary/aromatic N) is 1. The molecule has 25 heavy (non-hydrogen) atoms. The monoisotopic (exact) mass is 345 g/mol. The van der Waals surface area contributed by atoms with Crippen molar-refractivity contribution < 1.29 is 18.3 Å². The summed E-state index contributed by atoms with van der Waals surface area (Å²) < 4.78 is 32.0. The summed E-state index contributed by atoms with van der Waals surface area (Å²) >= 11 is 0. The fourth-order valence-corrected chi connectivity index (χ4v) is 3.03. The molecule has 0 bridgehead atoms. The van der Waals surface area contributed by atoms with Gasteiger partial charge in [0.15, 0.2) is 11.6 Å². The van der Waals surface area contributed by atoms with E-state index in [1.165, 1.54) is 6.07 Å². The van der Waals surface area contributed by atoms with Gasteiger partial charge < -0.3 is 9.64 Å². The molecule has 1 fully saturated rings. The maximum atomic E-state index is 13.3. The largest absolute Gasteiger partial charge is 0.376 e. The molecule has 0 atom stereocenters. The van der Waals surface area contributed by atoms with Crippen molar-refractivity contribution in [3.8, 4) is 0 Å². The summed E-state index contributed by atoms with van der Waals surface area (Å²) in [5, 5.41) is 0. The number of benzene rings is 2. The number of hydrogen-bond acceptors (Lipinski definition) is 2. The first kappa shape index (κ1) is 17.5. The number of carbonyl (C=O) groups excluding carboxylic acids is 1. The van der Waals surface area contributed by atoms with Crippen LogP contribution in [0.1, 0.15) is 28.8 Å². The second-order valence-electron chi connectivity index (χ2n) is 6.37. The van der Waals surface area contributed by atoms with Gasteiger partial charge in [-0.05, 0) is 42.5 Å². The van der Waals surface area contributed by atoms with Crippen LogP contribution in [-0.4, -0.2) is 30.5 Å². The molecule has 0 aliphatic carbocycles. The van der Waals surface area contributed by atoms with E-state index in [-0.39, 0.29) is 11.5 Å². The zero-order chi connectivity index (χ0) is 17.6. The van der Waals surface area contributed by atoms with Crippen LogP contribution in [0.2, 0.25) is 0 Å². The van der Waals surface area contributed by atoms with Crippen LogP contribution < -0.4 is 0 Å². The van der Waals surface area contributed by atoms with Crippen LogP contribution in [0.15, 0.2) is 48.5 Å². The van der Waals surface area contributed by atoms with Crippen LogP contribution in [0.4, 0.5) is 8.78 Å². The fraction of sp³-hybridized carbons (Fsp3) is 0.350. The van der Waals surface area contributed by atoms with E-state index in [2.05, 4.69) is 0 Å². The standard InChI is InChI=1S/C20H21F2NO2/c21-18-7-6-17(12-19(18)22)20(24)23-10-8-16(9-11-23)14-25-13-15-4-2-1-3-5-15/h1-7,12,16H,8-11,13-14H2. The number of carbonyl (C=O) groups is 1. The maximum Gasteiger partial charge on any atom is 0.253 e. The Kier molecular flexibility index (Phi) is 5.76. The molecule has 0 saturated carbocycles. The molecule has 1 saturated heterocycles. The lowest BCUT2D eigenvalue weighted by molar-refractivity contribution is 0.0478. The average molecular weight is 345 g/mol. The Morgan fingerprint density at radius 2 is 1.76 bits per heavy atom. The summed E-state index contributed by atoms with van der Waals surface area (Å²) in [5.41, 5.74) is 1.34. The zero-order valence-electron chi connectivity index (χ0n) is 14.0. The number of rotatable bonds is 5. The number of piperidine rings is 1. The molecular weight excluding hydrogens is 324 g/mol. The highest BCUT2D eigenvalue weighted by molar-refractivity contribution is 5.94. The molecule has 3 nitrogen and oxygen atoms in total. The van der Waals surface area contributed by atoms with Gasteiger partial charge in [-0.1, -0.05) is 30.3 Å². The van der Waals surface area contributed by atoms with Crippen molar-refractivity contribution in [3.63, 3.8) is 0 Å². The first-order chi connectivity index (χ1) is 12.1. The smallest absolute Gasteiger partial charge is 0.253 e. The molecule has 1 aliphatic heterocycles. The highest BCUT2D eigenvalue weighted by Gasteiger charge is 2.24. The van der Waals surface area contributed by atoms with E-state index in [0.29, 0.717) is 32.2 Å². The van der Waals surface area contributed by atoms with Crippen molar-refractivity contribution in [1.82, 2.24) is 4.90 Å². The second-order valence-corrected chi connectivity index (χ2v) is 6.37. The maximum absolute atomic E-state index is 13.3. The molecule has 3 rings (SSSR count). The zero-order valence-corrected chi connectivity index (χ0v) is 14.0. The Morgan fingerprint density at radius 1 is 1.04 bits per heavy atom. The molecule has 0 spiro atoms. The van der Waals surface area contributed by atoms with E-state index in [1.54, 1.807) is 4.90 Å². The summed E-state index contributed by atoms with van der Waals surface area (Å²) in [6.45, 7) is 2.48. The second kappa shape index (κ2) is 8.21. The molecule has 0 radical (unpaired) electrons. The van der Waals surface area contributed by atoms with Crippen molar-refractivity contribution in [2.75, 3.05) is 19.7 Å². The normalized spacial score (nSPS) is 15.4. The molecule has 0 N–H and O–H groups in total. The van der Waals surface area contributed by atoms with Gasteiger partial charge in [0.25, 0.3) is 5.91 Å². The highest BCUT2D eigenvalue weighted by atomic mass is 19.2. The van der Waals surface area contributed by atoms with Gasteiger partial charge in [-0.3, -0.25) is 4.79 Å². The fourth-order valence-electron chi connectivity index (χ4n) is 3.03. The van der Waals surface area contributed by atoms with Crippen LogP contribution in [0.25, 0.3) is 0 Å². The Balaban J connectivity index is 1.45. The third-order valence-electron chi connectivity index (χ3n) is 4.53. The Hall–Kier alpha value is -2.27. The highest BCUT2D eigenvalue weighted by Crippen LogP contribution is 2.20. The molecule has 0 unspecified atom stereocenters. The average Bonchev–Trinajstić information content (AvgIpc) is 2.65. The van der Waals surface area contributed by atoms with Crippen molar-refractivity contribution >= 4 is 5.91 Å². The van der Waals surface area contributed by atoms with Gasteiger partial charge in [0.05, 0.1) is 6.61 Å². The summed E-state index contributed by atoms with van der Waals surface area (Å²) in [5.74, 6) is -1.76. The predicted molar refractivity (Wildman–Crippen MR) is 91.1 cm³/mol. The number of ether oxygens (including phenoxy) is 1. The number of halogens is 2. The topological polar surface area (TPSA) is 29.5 Å². The van der Waals surface area contributed by atoms with Crippen LogP contribution in [0, 0.1) is 17.6 Å². The molecular formula is C20H21F2NO2. The van der Waals surface area contributed by atoms with Gasteiger partial charge in [0, 0.05) is 25.3 Å². The van der Waals surface area contributed by atoms with Crippen LogP contribution in [-0.2, 0) is 11.3 Å². The SMILES string of the molecule is O=C(c1ccc(F)c(F)c1)N1CCC(COCc2ccccc2)CC1. The van der Waals surface area contributed by atoms with Crippen LogP contribution in [0.5, 0.6) is 0 Å². The van der Waals surface area contributed by atoms with Gasteiger partial charge in [0.1, 0.15) is 0 Å². The predicted octanol–water partition coefficient (Wildman–Crippen LogP) is 4.03. The van der Waals surface area contributed by atoms with E-state index in [1.807, 2.05) is 30.3 Å². The third kappa shape index (κ3) is 4.63. The van der Waals surface area contributed by atoms with Crippen molar-refractivity contribution in [1.29, 1.82) is 0 Å². The first-order valence-corrected chi connectivity index (χ1v) is 8.49. The summed E-state index contributed by atoms with van der Waals surface area (Å²) in [4.78, 5) is 14.1. The summed E-state index contributed by atoms with van der Waals surface area (Å²) in [6, 6.07) is 13.3. The van der Waals surface area contributed by atoms with Gasteiger partial charge in [0.2, 0.25) is 0 Å². The van der Waals surface area contributed by atoms with Crippen molar-refractivity contribution in [3.05, 3.63) is 71.3 Å². The lowest BCUT2D eigenvalue weighted by Crippen LogP contribution is -2.39. The molecule has 1 aliphatic rings. The minimum Gasteiger partial charge on any atom is -0.376 e. The van der Waals surface area contributed by atoms with Gasteiger partial charge in [-0.2, -0.15) is 0 Å². The van der Waals surface area contributed by atoms with E-state index >= 15 is 0 Å². The molecule has 1 amide bonds. The van der Waals surface area contributed by atoms with Gasteiger partial charge >= 0.3 is 0 Å². The molecule has 0 aromatic heterocycles. The molecule has 1 heterocycles. The lowest BCUT2D eigenvalue weighted by atomic mass is 9.97. The van der Waals surface area contributed by atoms with E-state index in [0.717, 1.165) is 30.5 Å². The van der Waals surface area contributed by atoms with E-state index < -0.39 is 11.6 Å². The first-order valence-electron chi connectivity index (χ1n) is 8.49. The van der Waals surface area contributed by atoms with Crippen molar-refractivity contribution in [2.24, 2.45) is 5.92 Å². The van der Waals surface area contributed by atoms with Crippen molar-refractivity contribution in [2.45, 2.75) is 19.4 Å². The quantitative estimate of drug-likeness (QED) is 0.819. The summed E-state index contributed by atoms with van der Waals surface area (Å²) in [6.07, 6.45) is 1.70. The molecule has 2 aromatic rings. The minimum absolute atomic E-state index is 0.192. The lowest BCUT2D eigenvalue weighted by Gasteiger charge is -2.32. The van der Waals surface area contributed by atoms with Crippen LogP contribution >= 0.6 is 0 Å².